The van der Waals surface area contributed by atoms with Gasteiger partial charge in [0.05, 0.1) is 6.61 Å². The number of halogens is 2. The summed E-state index contributed by atoms with van der Waals surface area (Å²) in [5.41, 5.74) is 1.74. The highest BCUT2D eigenvalue weighted by Gasteiger charge is 2.13. The largest absolute Gasteiger partial charge is 0.494 e. The van der Waals surface area contributed by atoms with Crippen LogP contribution in [0, 0.1) is 0 Å². The molecule has 5 heteroatoms. The lowest BCUT2D eigenvalue weighted by Gasteiger charge is -2.09. The van der Waals surface area contributed by atoms with Gasteiger partial charge in [0.2, 0.25) is 0 Å². The van der Waals surface area contributed by atoms with Gasteiger partial charge in [0.15, 0.2) is 5.82 Å². The average molecular weight is 409 g/mol. The van der Waals surface area contributed by atoms with Crippen LogP contribution in [0.5, 0.6) is 5.75 Å². The molecule has 0 aliphatic heterocycles. The Hall–Kier alpha value is -1.32. The Kier molecular flexibility index (Phi) is 9.93. The molecule has 0 fully saturated rings. The summed E-state index contributed by atoms with van der Waals surface area (Å²) in [5.74, 6) is 1.41. The van der Waals surface area contributed by atoms with E-state index in [0.717, 1.165) is 42.7 Å². The molecule has 3 nitrogen and oxygen atoms in total. The molecule has 0 amide bonds. The molecule has 1 aromatic carbocycles. The van der Waals surface area contributed by atoms with Crippen LogP contribution in [0.1, 0.15) is 70.8 Å². The number of aromatic nitrogens is 2. The molecule has 0 spiro atoms. The molecule has 0 radical (unpaired) electrons. The molecule has 0 saturated carbocycles. The fourth-order valence-corrected chi connectivity index (χ4v) is 3.49. The minimum absolute atomic E-state index is 0.456. The monoisotopic (exact) mass is 408 g/mol. The third kappa shape index (κ3) is 7.31. The van der Waals surface area contributed by atoms with E-state index in [1.165, 1.54) is 38.5 Å². The van der Waals surface area contributed by atoms with Gasteiger partial charge in [-0.25, -0.2) is 9.97 Å². The van der Waals surface area contributed by atoms with Gasteiger partial charge in [-0.15, -0.1) is 0 Å². The average Bonchev–Trinajstić information content (AvgIpc) is 2.67. The van der Waals surface area contributed by atoms with Crippen molar-refractivity contribution in [3.05, 3.63) is 40.1 Å². The van der Waals surface area contributed by atoms with Crippen LogP contribution in [0.3, 0.4) is 0 Å². The molecule has 0 bridgehead atoms. The predicted molar refractivity (Wildman–Crippen MR) is 115 cm³/mol. The topological polar surface area (TPSA) is 35.0 Å². The van der Waals surface area contributed by atoms with Crippen LogP contribution in [-0.2, 0) is 6.42 Å². The lowest BCUT2D eigenvalue weighted by Crippen LogP contribution is -1.99. The normalized spacial score (nSPS) is 11.0. The summed E-state index contributed by atoms with van der Waals surface area (Å²) in [6.07, 6.45) is 10.3. The SMILES string of the molecule is CCCCCCOc1ccc(-c2nc(Cl)c(CCCCCC)c(Cl)n2)cc1. The van der Waals surface area contributed by atoms with E-state index < -0.39 is 0 Å². The van der Waals surface area contributed by atoms with Crippen LogP contribution in [0.25, 0.3) is 11.4 Å². The van der Waals surface area contributed by atoms with Crippen molar-refractivity contribution in [2.45, 2.75) is 71.6 Å². The first-order valence-corrected chi connectivity index (χ1v) is 10.9. The van der Waals surface area contributed by atoms with Gasteiger partial charge in [0.25, 0.3) is 0 Å². The molecule has 0 aliphatic rings. The summed E-state index contributed by atoms with van der Waals surface area (Å²) in [4.78, 5) is 8.92. The molecule has 2 rings (SSSR count). The lowest BCUT2D eigenvalue weighted by atomic mass is 10.1. The van der Waals surface area contributed by atoms with Crippen LogP contribution in [0.2, 0.25) is 10.3 Å². The molecule has 0 N–H and O–H groups in total. The van der Waals surface area contributed by atoms with Gasteiger partial charge in [0, 0.05) is 11.1 Å². The van der Waals surface area contributed by atoms with Crippen molar-refractivity contribution < 1.29 is 4.74 Å². The van der Waals surface area contributed by atoms with Gasteiger partial charge < -0.3 is 4.74 Å². The molecular formula is C22H30Cl2N2O. The van der Waals surface area contributed by atoms with Gasteiger partial charge in [-0.3, -0.25) is 0 Å². The van der Waals surface area contributed by atoms with E-state index in [1.54, 1.807) is 0 Å². The zero-order valence-corrected chi connectivity index (χ0v) is 18.0. The van der Waals surface area contributed by atoms with E-state index in [9.17, 15) is 0 Å². The Morgan fingerprint density at radius 3 is 1.96 bits per heavy atom. The van der Waals surface area contributed by atoms with E-state index in [1.807, 2.05) is 24.3 Å². The van der Waals surface area contributed by atoms with E-state index in [0.29, 0.717) is 16.1 Å². The third-order valence-electron chi connectivity index (χ3n) is 4.57. The molecule has 1 aromatic heterocycles. The zero-order valence-electron chi connectivity index (χ0n) is 16.4. The summed E-state index contributed by atoms with van der Waals surface area (Å²) in [7, 11) is 0. The van der Waals surface area contributed by atoms with Gasteiger partial charge >= 0.3 is 0 Å². The Balaban J connectivity index is 1.97. The summed E-state index contributed by atoms with van der Waals surface area (Å²) in [6, 6.07) is 7.78. The molecule has 0 unspecified atom stereocenters. The number of ether oxygens (including phenoxy) is 1. The quantitative estimate of drug-likeness (QED) is 0.268. The minimum atomic E-state index is 0.456. The van der Waals surface area contributed by atoms with E-state index >= 15 is 0 Å². The smallest absolute Gasteiger partial charge is 0.162 e. The maximum Gasteiger partial charge on any atom is 0.162 e. The lowest BCUT2D eigenvalue weighted by molar-refractivity contribution is 0.305. The summed E-state index contributed by atoms with van der Waals surface area (Å²) in [6.45, 7) is 5.15. The van der Waals surface area contributed by atoms with Crippen LogP contribution in [-0.4, -0.2) is 16.6 Å². The Morgan fingerprint density at radius 1 is 0.778 bits per heavy atom. The molecular weight excluding hydrogens is 379 g/mol. The standard InChI is InChI=1S/C22H30Cl2N2O/c1-3-5-7-9-11-19-20(23)25-22(26-21(19)24)17-12-14-18(15-13-17)27-16-10-8-6-4-2/h12-15H,3-11,16H2,1-2H3. The van der Waals surface area contributed by atoms with Gasteiger partial charge in [-0.05, 0) is 43.5 Å². The number of hydrogen-bond donors (Lipinski definition) is 0. The summed E-state index contributed by atoms with van der Waals surface area (Å²) >= 11 is 12.8. The molecule has 0 atom stereocenters. The zero-order chi connectivity index (χ0) is 19.5. The Morgan fingerprint density at radius 2 is 1.37 bits per heavy atom. The van der Waals surface area contributed by atoms with E-state index in [-0.39, 0.29) is 0 Å². The third-order valence-corrected chi connectivity index (χ3v) is 5.19. The molecule has 148 valence electrons. The Labute approximate surface area is 173 Å². The van der Waals surface area contributed by atoms with Crippen molar-refractivity contribution in [2.75, 3.05) is 6.61 Å². The van der Waals surface area contributed by atoms with Crippen molar-refractivity contribution in [1.82, 2.24) is 9.97 Å². The van der Waals surface area contributed by atoms with Crippen molar-refractivity contribution in [3.8, 4) is 17.1 Å². The first-order chi connectivity index (χ1) is 13.2. The minimum Gasteiger partial charge on any atom is -0.494 e. The van der Waals surface area contributed by atoms with Gasteiger partial charge in [0.1, 0.15) is 16.1 Å². The molecule has 27 heavy (non-hydrogen) atoms. The van der Waals surface area contributed by atoms with Crippen molar-refractivity contribution >= 4 is 23.2 Å². The molecule has 0 aliphatic carbocycles. The highest BCUT2D eigenvalue weighted by Crippen LogP contribution is 2.28. The van der Waals surface area contributed by atoms with Crippen molar-refractivity contribution in [1.29, 1.82) is 0 Å². The maximum absolute atomic E-state index is 6.38. The highest BCUT2D eigenvalue weighted by atomic mass is 35.5. The fourth-order valence-electron chi connectivity index (χ4n) is 2.91. The second kappa shape index (κ2) is 12.2. The second-order valence-electron chi connectivity index (χ2n) is 6.85. The molecule has 0 saturated heterocycles. The highest BCUT2D eigenvalue weighted by molar-refractivity contribution is 6.34. The van der Waals surface area contributed by atoms with Crippen LogP contribution >= 0.6 is 23.2 Å². The van der Waals surface area contributed by atoms with Gasteiger partial charge in [-0.1, -0.05) is 75.6 Å². The van der Waals surface area contributed by atoms with Crippen LogP contribution in [0.4, 0.5) is 0 Å². The number of unbranched alkanes of at least 4 members (excludes halogenated alkanes) is 6. The first-order valence-electron chi connectivity index (χ1n) is 10.1. The van der Waals surface area contributed by atoms with Gasteiger partial charge in [-0.2, -0.15) is 0 Å². The number of nitrogens with zero attached hydrogens (tertiary/aromatic N) is 2. The summed E-state index contributed by atoms with van der Waals surface area (Å²) in [5, 5.41) is 0.912. The van der Waals surface area contributed by atoms with E-state index in [4.69, 9.17) is 27.9 Å². The van der Waals surface area contributed by atoms with Crippen molar-refractivity contribution in [2.24, 2.45) is 0 Å². The number of hydrogen-bond acceptors (Lipinski definition) is 3. The predicted octanol–water partition coefficient (Wildman–Crippen LogP) is 7.53. The maximum atomic E-state index is 6.38. The second-order valence-corrected chi connectivity index (χ2v) is 7.57. The molecule has 1 heterocycles. The summed E-state index contributed by atoms with van der Waals surface area (Å²) < 4.78 is 5.78. The van der Waals surface area contributed by atoms with E-state index in [2.05, 4.69) is 23.8 Å². The Bertz CT molecular complexity index is 666. The number of benzene rings is 1. The number of rotatable bonds is 12. The van der Waals surface area contributed by atoms with Crippen LogP contribution < -0.4 is 4.74 Å². The molecule has 2 aromatic rings. The van der Waals surface area contributed by atoms with Crippen LogP contribution in [0.15, 0.2) is 24.3 Å². The van der Waals surface area contributed by atoms with Crippen molar-refractivity contribution in [3.63, 3.8) is 0 Å². The fraction of sp³-hybridized carbons (Fsp3) is 0.545. The first kappa shape index (κ1) is 22.0.